The minimum absolute atomic E-state index is 0.0438. The molecule has 2 saturated heterocycles. The summed E-state index contributed by atoms with van der Waals surface area (Å²) in [5, 5.41) is 8.59. The van der Waals surface area contributed by atoms with Crippen LogP contribution < -0.4 is 10.6 Å². The smallest absolute Gasteiger partial charge is 0.252 e. The lowest BCUT2D eigenvalue weighted by Gasteiger charge is -2.36. The Bertz CT molecular complexity index is 494. The molecule has 0 spiro atoms. The van der Waals surface area contributed by atoms with E-state index in [1.807, 2.05) is 0 Å². The van der Waals surface area contributed by atoms with Gasteiger partial charge in [0.05, 0.1) is 6.04 Å². The Hall–Kier alpha value is -0.950. The summed E-state index contributed by atoms with van der Waals surface area (Å²) in [6.07, 6.45) is 3.98. The molecule has 0 aromatic carbocycles. The highest BCUT2D eigenvalue weighted by Crippen LogP contribution is 2.28. The SMILES string of the molecule is COC1(C(=O)NCC(c2cccs2)N2CCCC2)CCNCC1. The Morgan fingerprint density at radius 3 is 2.78 bits per heavy atom. The predicted octanol–water partition coefficient (Wildman–Crippen LogP) is 1.77. The highest BCUT2D eigenvalue weighted by Gasteiger charge is 2.40. The van der Waals surface area contributed by atoms with E-state index >= 15 is 0 Å². The fourth-order valence-corrected chi connectivity index (χ4v) is 4.51. The van der Waals surface area contributed by atoms with Gasteiger partial charge in [-0.1, -0.05) is 6.07 Å². The molecule has 0 saturated carbocycles. The van der Waals surface area contributed by atoms with Crippen LogP contribution in [0.3, 0.4) is 0 Å². The number of carbonyl (C=O) groups is 1. The van der Waals surface area contributed by atoms with Crippen molar-refractivity contribution in [2.24, 2.45) is 0 Å². The summed E-state index contributed by atoms with van der Waals surface area (Å²) in [6, 6.07) is 4.56. The molecule has 2 aliphatic heterocycles. The maximum atomic E-state index is 12.8. The Labute approximate surface area is 142 Å². The van der Waals surface area contributed by atoms with Crippen molar-refractivity contribution in [3.8, 4) is 0 Å². The van der Waals surface area contributed by atoms with E-state index in [4.69, 9.17) is 4.74 Å². The topological polar surface area (TPSA) is 53.6 Å². The van der Waals surface area contributed by atoms with Crippen molar-refractivity contribution in [2.45, 2.75) is 37.3 Å². The van der Waals surface area contributed by atoms with E-state index in [2.05, 4.69) is 33.0 Å². The molecule has 0 bridgehead atoms. The number of ether oxygens (including phenoxy) is 1. The molecule has 0 radical (unpaired) electrons. The van der Waals surface area contributed by atoms with Crippen LogP contribution in [0.2, 0.25) is 0 Å². The Kier molecular flexibility index (Phi) is 5.69. The van der Waals surface area contributed by atoms with Gasteiger partial charge >= 0.3 is 0 Å². The van der Waals surface area contributed by atoms with Crippen molar-refractivity contribution in [1.29, 1.82) is 0 Å². The third-order valence-electron chi connectivity index (χ3n) is 5.12. The number of nitrogens with zero attached hydrogens (tertiary/aromatic N) is 1. The van der Waals surface area contributed by atoms with E-state index in [9.17, 15) is 4.79 Å². The van der Waals surface area contributed by atoms with Gasteiger partial charge in [0.25, 0.3) is 5.91 Å². The van der Waals surface area contributed by atoms with Crippen molar-refractivity contribution in [3.63, 3.8) is 0 Å². The van der Waals surface area contributed by atoms with Crippen LogP contribution in [0.15, 0.2) is 17.5 Å². The molecule has 23 heavy (non-hydrogen) atoms. The lowest BCUT2D eigenvalue weighted by Crippen LogP contribution is -2.55. The Balaban J connectivity index is 1.64. The molecule has 1 atom stereocenters. The van der Waals surface area contributed by atoms with Gasteiger partial charge in [0.2, 0.25) is 0 Å². The molecule has 0 aliphatic carbocycles. The van der Waals surface area contributed by atoms with E-state index in [1.165, 1.54) is 17.7 Å². The highest BCUT2D eigenvalue weighted by atomic mass is 32.1. The summed E-state index contributed by atoms with van der Waals surface area (Å²) in [5.74, 6) is 0.0438. The molecule has 128 valence electrons. The molecule has 3 heterocycles. The molecule has 5 nitrogen and oxygen atoms in total. The van der Waals surface area contributed by atoms with E-state index in [0.717, 1.165) is 39.0 Å². The van der Waals surface area contributed by atoms with Gasteiger partial charge in [0, 0.05) is 18.5 Å². The maximum Gasteiger partial charge on any atom is 0.252 e. The molecule has 1 aromatic heterocycles. The van der Waals surface area contributed by atoms with Crippen molar-refractivity contribution < 1.29 is 9.53 Å². The second-order valence-electron chi connectivity index (χ2n) is 6.43. The largest absolute Gasteiger partial charge is 0.368 e. The van der Waals surface area contributed by atoms with E-state index in [0.29, 0.717) is 6.54 Å². The Morgan fingerprint density at radius 2 is 2.17 bits per heavy atom. The zero-order chi connectivity index (χ0) is 16.1. The van der Waals surface area contributed by atoms with Gasteiger partial charge in [-0.2, -0.15) is 0 Å². The van der Waals surface area contributed by atoms with Gasteiger partial charge in [-0.3, -0.25) is 9.69 Å². The van der Waals surface area contributed by atoms with Crippen LogP contribution >= 0.6 is 11.3 Å². The first-order chi connectivity index (χ1) is 11.2. The molecule has 2 fully saturated rings. The van der Waals surface area contributed by atoms with Crippen LogP contribution in [0.1, 0.15) is 36.6 Å². The number of amides is 1. The number of carbonyl (C=O) groups excluding carboxylic acids is 1. The van der Waals surface area contributed by atoms with Crippen LogP contribution in [-0.2, 0) is 9.53 Å². The molecule has 1 amide bonds. The zero-order valence-electron chi connectivity index (χ0n) is 13.8. The van der Waals surface area contributed by atoms with E-state index < -0.39 is 5.60 Å². The predicted molar refractivity (Wildman–Crippen MR) is 92.7 cm³/mol. The van der Waals surface area contributed by atoms with E-state index in [1.54, 1.807) is 18.4 Å². The summed E-state index contributed by atoms with van der Waals surface area (Å²) >= 11 is 1.78. The third-order valence-corrected chi connectivity index (χ3v) is 6.10. The van der Waals surface area contributed by atoms with Gasteiger partial charge < -0.3 is 15.4 Å². The number of hydrogen-bond acceptors (Lipinski definition) is 5. The van der Waals surface area contributed by atoms with Crippen molar-refractivity contribution in [3.05, 3.63) is 22.4 Å². The second kappa shape index (κ2) is 7.75. The minimum Gasteiger partial charge on any atom is -0.368 e. The van der Waals surface area contributed by atoms with Crippen LogP contribution in [0, 0.1) is 0 Å². The highest BCUT2D eigenvalue weighted by molar-refractivity contribution is 7.10. The van der Waals surface area contributed by atoms with Gasteiger partial charge in [-0.05, 0) is 63.3 Å². The lowest BCUT2D eigenvalue weighted by molar-refractivity contribution is -0.146. The monoisotopic (exact) mass is 337 g/mol. The molecule has 2 aliphatic rings. The standard InChI is InChI=1S/C17H27N3O2S/c1-22-17(6-8-18-9-7-17)16(21)19-13-14(15-5-4-12-23-15)20-10-2-3-11-20/h4-5,12,14,18H,2-3,6-11,13H2,1H3,(H,19,21). The van der Waals surface area contributed by atoms with E-state index in [-0.39, 0.29) is 11.9 Å². The van der Waals surface area contributed by atoms with Gasteiger partial charge in [0.1, 0.15) is 5.60 Å². The van der Waals surface area contributed by atoms with Crippen LogP contribution in [0.5, 0.6) is 0 Å². The Morgan fingerprint density at radius 1 is 1.43 bits per heavy atom. The first kappa shape index (κ1) is 16.9. The summed E-state index contributed by atoms with van der Waals surface area (Å²) in [7, 11) is 1.65. The quantitative estimate of drug-likeness (QED) is 0.831. The third kappa shape index (κ3) is 3.76. The van der Waals surface area contributed by atoms with Gasteiger partial charge in [-0.15, -0.1) is 11.3 Å². The average molecular weight is 337 g/mol. The lowest BCUT2D eigenvalue weighted by atomic mass is 9.91. The number of nitrogens with one attached hydrogen (secondary N) is 2. The number of piperidine rings is 1. The molecular formula is C17H27N3O2S. The first-order valence-corrected chi connectivity index (χ1v) is 9.45. The second-order valence-corrected chi connectivity index (χ2v) is 7.41. The maximum absolute atomic E-state index is 12.8. The molecule has 6 heteroatoms. The normalized spacial score (nSPS) is 22.8. The van der Waals surface area contributed by atoms with Gasteiger partial charge in [0.15, 0.2) is 0 Å². The van der Waals surface area contributed by atoms with Crippen molar-refractivity contribution in [2.75, 3.05) is 39.8 Å². The number of hydrogen-bond donors (Lipinski definition) is 2. The summed E-state index contributed by atoms with van der Waals surface area (Å²) < 4.78 is 5.63. The zero-order valence-corrected chi connectivity index (χ0v) is 14.7. The molecule has 3 rings (SSSR count). The van der Waals surface area contributed by atoms with Crippen molar-refractivity contribution in [1.82, 2.24) is 15.5 Å². The summed E-state index contributed by atoms with van der Waals surface area (Å²) in [6.45, 7) is 4.58. The van der Waals surface area contributed by atoms with Gasteiger partial charge in [-0.25, -0.2) is 0 Å². The number of rotatable bonds is 6. The van der Waals surface area contributed by atoms with Crippen molar-refractivity contribution >= 4 is 17.2 Å². The minimum atomic E-state index is -0.656. The molecule has 2 N–H and O–H groups in total. The summed E-state index contributed by atoms with van der Waals surface area (Å²) in [5.41, 5.74) is -0.656. The fraction of sp³-hybridized carbons (Fsp3) is 0.706. The van der Waals surface area contributed by atoms with Crippen LogP contribution in [0.25, 0.3) is 0 Å². The van der Waals surface area contributed by atoms with Crippen LogP contribution in [0.4, 0.5) is 0 Å². The average Bonchev–Trinajstić information content (AvgIpc) is 3.29. The first-order valence-electron chi connectivity index (χ1n) is 8.57. The fourth-order valence-electron chi connectivity index (χ4n) is 3.65. The molecular weight excluding hydrogens is 310 g/mol. The molecule has 1 aromatic rings. The molecule has 1 unspecified atom stereocenters. The summed E-state index contributed by atoms with van der Waals surface area (Å²) in [4.78, 5) is 16.6. The number of thiophene rings is 1. The number of methoxy groups -OCH3 is 1. The van der Waals surface area contributed by atoms with Crippen LogP contribution in [-0.4, -0.2) is 56.2 Å². The number of likely N-dealkylation sites (tertiary alicyclic amines) is 1.